The largest absolute Gasteiger partial charge is 0.360 e. The number of hydrogen-bond acceptors (Lipinski definition) is 4. The third-order valence-corrected chi connectivity index (χ3v) is 3.18. The highest BCUT2D eigenvalue weighted by Crippen LogP contribution is 2.18. The Balaban J connectivity index is 1.95. The molecule has 0 aliphatic carbocycles. The molecular formula is C15H19FN4O2. The van der Waals surface area contributed by atoms with Crippen molar-refractivity contribution < 1.29 is 13.7 Å². The van der Waals surface area contributed by atoms with E-state index in [0.29, 0.717) is 18.1 Å². The molecule has 22 heavy (non-hydrogen) atoms. The fourth-order valence-corrected chi connectivity index (χ4v) is 2.09. The number of urea groups is 1. The van der Waals surface area contributed by atoms with Gasteiger partial charge in [0.15, 0.2) is 5.82 Å². The predicted octanol–water partition coefficient (Wildman–Crippen LogP) is 2.55. The molecule has 2 rings (SSSR count). The minimum Gasteiger partial charge on any atom is -0.360 e. The highest BCUT2D eigenvalue weighted by molar-refractivity contribution is 5.88. The Bertz CT molecular complexity index is 642. The average Bonchev–Trinajstić information content (AvgIpc) is 2.84. The summed E-state index contributed by atoms with van der Waals surface area (Å²) in [5, 5.41) is 9.00. The predicted molar refractivity (Wildman–Crippen MR) is 81.1 cm³/mol. The number of nitrogens with zero attached hydrogens (tertiary/aromatic N) is 2. The van der Waals surface area contributed by atoms with Crippen molar-refractivity contribution in [2.75, 3.05) is 26.0 Å². The van der Waals surface area contributed by atoms with Crippen LogP contribution in [0.2, 0.25) is 0 Å². The molecule has 1 aromatic heterocycles. The maximum Gasteiger partial charge on any atom is 0.320 e. The number of carbonyl (C=O) groups is 1. The van der Waals surface area contributed by atoms with Crippen LogP contribution < -0.4 is 10.6 Å². The van der Waals surface area contributed by atoms with Gasteiger partial charge in [0.1, 0.15) is 11.6 Å². The molecule has 118 valence electrons. The number of benzene rings is 1. The molecule has 2 N–H and O–H groups in total. The van der Waals surface area contributed by atoms with Gasteiger partial charge in [-0.05, 0) is 38.7 Å². The molecule has 2 amide bonds. The van der Waals surface area contributed by atoms with E-state index in [1.807, 2.05) is 25.1 Å². The SMILES string of the molecule is Cc1cc(NC(=O)NCC(c2cccc(F)c2)N(C)C)no1. The van der Waals surface area contributed by atoms with Crippen LogP contribution in [0.15, 0.2) is 34.9 Å². The Labute approximate surface area is 128 Å². The second kappa shape index (κ2) is 7.04. The van der Waals surface area contributed by atoms with Crippen LogP contribution in [0.3, 0.4) is 0 Å². The maximum absolute atomic E-state index is 13.3. The maximum atomic E-state index is 13.3. The molecule has 0 saturated heterocycles. The molecular weight excluding hydrogens is 287 g/mol. The summed E-state index contributed by atoms with van der Waals surface area (Å²) in [6.07, 6.45) is 0. The van der Waals surface area contributed by atoms with Crippen LogP contribution >= 0.6 is 0 Å². The van der Waals surface area contributed by atoms with E-state index in [-0.39, 0.29) is 11.9 Å². The Kier molecular flexibility index (Phi) is 5.11. The third kappa shape index (κ3) is 4.29. The molecule has 1 aromatic carbocycles. The van der Waals surface area contributed by atoms with Crippen LogP contribution in [-0.2, 0) is 0 Å². The normalized spacial score (nSPS) is 12.2. The van der Waals surface area contributed by atoms with E-state index in [1.165, 1.54) is 12.1 Å². The number of anilines is 1. The van der Waals surface area contributed by atoms with Crippen molar-refractivity contribution in [1.82, 2.24) is 15.4 Å². The molecule has 0 radical (unpaired) electrons. The van der Waals surface area contributed by atoms with E-state index < -0.39 is 6.03 Å². The number of likely N-dealkylation sites (N-methyl/N-ethyl adjacent to an activating group) is 1. The first-order valence-electron chi connectivity index (χ1n) is 6.86. The summed E-state index contributed by atoms with van der Waals surface area (Å²) in [6, 6.07) is 7.43. The zero-order valence-corrected chi connectivity index (χ0v) is 12.8. The fraction of sp³-hybridized carbons (Fsp3) is 0.333. The smallest absolute Gasteiger partial charge is 0.320 e. The van der Waals surface area contributed by atoms with Crippen LogP contribution in [0.1, 0.15) is 17.4 Å². The van der Waals surface area contributed by atoms with E-state index in [2.05, 4.69) is 15.8 Å². The van der Waals surface area contributed by atoms with Gasteiger partial charge in [0.25, 0.3) is 0 Å². The molecule has 1 atom stereocenters. The second-order valence-corrected chi connectivity index (χ2v) is 5.19. The van der Waals surface area contributed by atoms with Crippen molar-refractivity contribution in [3.05, 3.63) is 47.5 Å². The second-order valence-electron chi connectivity index (χ2n) is 5.19. The van der Waals surface area contributed by atoms with Crippen molar-refractivity contribution in [3.8, 4) is 0 Å². The standard InChI is InChI=1S/C15H19FN4O2/c1-10-7-14(19-22-10)18-15(21)17-9-13(20(2)3)11-5-4-6-12(16)8-11/h4-8,13H,9H2,1-3H3,(H2,17,18,19,21). The Morgan fingerprint density at radius 3 is 2.77 bits per heavy atom. The van der Waals surface area contributed by atoms with Crippen LogP contribution in [0, 0.1) is 12.7 Å². The number of amides is 2. The van der Waals surface area contributed by atoms with E-state index in [0.717, 1.165) is 5.56 Å². The van der Waals surface area contributed by atoms with E-state index in [9.17, 15) is 9.18 Å². The van der Waals surface area contributed by atoms with Crippen LogP contribution in [0.25, 0.3) is 0 Å². The monoisotopic (exact) mass is 306 g/mol. The summed E-state index contributed by atoms with van der Waals surface area (Å²) < 4.78 is 18.2. The molecule has 1 heterocycles. The zero-order chi connectivity index (χ0) is 16.1. The summed E-state index contributed by atoms with van der Waals surface area (Å²) in [7, 11) is 3.74. The number of aromatic nitrogens is 1. The summed E-state index contributed by atoms with van der Waals surface area (Å²) in [5.74, 6) is 0.662. The highest BCUT2D eigenvalue weighted by Gasteiger charge is 2.16. The van der Waals surface area contributed by atoms with Gasteiger partial charge >= 0.3 is 6.03 Å². The Hall–Kier alpha value is -2.41. The number of nitrogens with one attached hydrogen (secondary N) is 2. The first kappa shape index (κ1) is 16.0. The lowest BCUT2D eigenvalue weighted by atomic mass is 10.1. The Morgan fingerprint density at radius 2 is 2.18 bits per heavy atom. The van der Waals surface area contributed by atoms with Crippen molar-refractivity contribution in [3.63, 3.8) is 0 Å². The van der Waals surface area contributed by atoms with Crippen molar-refractivity contribution >= 4 is 11.8 Å². The van der Waals surface area contributed by atoms with Gasteiger partial charge in [-0.25, -0.2) is 9.18 Å². The summed E-state index contributed by atoms with van der Waals surface area (Å²) in [4.78, 5) is 13.8. The molecule has 7 heteroatoms. The lowest BCUT2D eigenvalue weighted by Gasteiger charge is -2.25. The van der Waals surface area contributed by atoms with Gasteiger partial charge in [0.2, 0.25) is 0 Å². The molecule has 6 nitrogen and oxygen atoms in total. The van der Waals surface area contributed by atoms with Gasteiger partial charge in [-0.2, -0.15) is 0 Å². The lowest BCUT2D eigenvalue weighted by Crippen LogP contribution is -2.37. The molecule has 0 fully saturated rings. The van der Waals surface area contributed by atoms with Crippen molar-refractivity contribution in [2.45, 2.75) is 13.0 Å². The van der Waals surface area contributed by atoms with Gasteiger partial charge in [-0.1, -0.05) is 17.3 Å². The minimum atomic E-state index is -0.392. The quantitative estimate of drug-likeness (QED) is 0.890. The number of carbonyl (C=O) groups excluding carboxylic acids is 1. The first-order valence-corrected chi connectivity index (χ1v) is 6.86. The molecule has 0 aliphatic rings. The first-order chi connectivity index (χ1) is 10.5. The number of halogens is 1. The van der Waals surface area contributed by atoms with E-state index >= 15 is 0 Å². The zero-order valence-electron chi connectivity index (χ0n) is 12.8. The van der Waals surface area contributed by atoms with Gasteiger partial charge < -0.3 is 14.7 Å². The van der Waals surface area contributed by atoms with Gasteiger partial charge in [-0.15, -0.1) is 0 Å². The lowest BCUT2D eigenvalue weighted by molar-refractivity contribution is 0.243. The minimum absolute atomic E-state index is 0.138. The summed E-state index contributed by atoms with van der Waals surface area (Å²) >= 11 is 0. The topological polar surface area (TPSA) is 70.4 Å². The van der Waals surface area contributed by atoms with Gasteiger partial charge in [0.05, 0.1) is 6.04 Å². The van der Waals surface area contributed by atoms with Crippen molar-refractivity contribution in [1.29, 1.82) is 0 Å². The van der Waals surface area contributed by atoms with Crippen LogP contribution in [0.4, 0.5) is 15.0 Å². The molecule has 0 saturated carbocycles. The van der Waals surface area contributed by atoms with Gasteiger partial charge in [0, 0.05) is 12.6 Å². The number of aryl methyl sites for hydroxylation is 1. The number of hydrogen-bond donors (Lipinski definition) is 2. The fourth-order valence-electron chi connectivity index (χ4n) is 2.09. The van der Waals surface area contributed by atoms with Crippen LogP contribution in [-0.4, -0.2) is 36.7 Å². The van der Waals surface area contributed by atoms with E-state index in [4.69, 9.17) is 4.52 Å². The van der Waals surface area contributed by atoms with Crippen LogP contribution in [0.5, 0.6) is 0 Å². The average molecular weight is 306 g/mol. The molecule has 1 unspecified atom stereocenters. The van der Waals surface area contributed by atoms with Crippen molar-refractivity contribution in [2.24, 2.45) is 0 Å². The molecule has 0 aliphatic heterocycles. The van der Waals surface area contributed by atoms with E-state index in [1.54, 1.807) is 19.1 Å². The summed E-state index contributed by atoms with van der Waals surface area (Å²) in [5.41, 5.74) is 0.794. The highest BCUT2D eigenvalue weighted by atomic mass is 19.1. The molecule has 0 spiro atoms. The molecule has 0 bridgehead atoms. The number of rotatable bonds is 5. The third-order valence-electron chi connectivity index (χ3n) is 3.18. The van der Waals surface area contributed by atoms with Gasteiger partial charge in [-0.3, -0.25) is 5.32 Å². The Morgan fingerprint density at radius 1 is 1.41 bits per heavy atom. The summed E-state index contributed by atoms with van der Waals surface area (Å²) in [6.45, 7) is 2.07. The molecule has 2 aromatic rings.